The minimum Gasteiger partial charge on any atom is -0.240 e. The molecular formula is C9H3F6N3. The van der Waals surface area contributed by atoms with Gasteiger partial charge in [0, 0.05) is 6.42 Å². The fourth-order valence-corrected chi connectivity index (χ4v) is 1.67. The molecule has 0 N–H and O–H groups in total. The van der Waals surface area contributed by atoms with Gasteiger partial charge in [-0.05, 0) is 0 Å². The lowest BCUT2D eigenvalue weighted by molar-refractivity contribution is -0.317. The van der Waals surface area contributed by atoms with Gasteiger partial charge in [0.15, 0.2) is 11.6 Å². The maximum Gasteiger partial charge on any atom is 0.362 e. The molecule has 0 bridgehead atoms. The first-order chi connectivity index (χ1) is 8.06. The van der Waals surface area contributed by atoms with Gasteiger partial charge in [0.05, 0.1) is 12.1 Å². The normalized spacial score (nSPS) is 35.8. The minimum atomic E-state index is -5.79. The van der Waals surface area contributed by atoms with Crippen molar-refractivity contribution in [2.75, 3.05) is 0 Å². The lowest BCUT2D eigenvalue weighted by Crippen LogP contribution is -2.70. The van der Waals surface area contributed by atoms with Crippen LogP contribution in [0.4, 0.5) is 26.3 Å². The van der Waals surface area contributed by atoms with Crippen LogP contribution in [-0.4, -0.2) is 23.7 Å². The van der Waals surface area contributed by atoms with Gasteiger partial charge >= 0.3 is 11.8 Å². The van der Waals surface area contributed by atoms with E-state index in [4.69, 9.17) is 15.8 Å². The summed E-state index contributed by atoms with van der Waals surface area (Å²) in [6.07, 6.45) is -5.42. The summed E-state index contributed by atoms with van der Waals surface area (Å²) in [6, 6.07) is 1.67. The fourth-order valence-electron chi connectivity index (χ4n) is 1.67. The highest BCUT2D eigenvalue weighted by atomic mass is 19.3. The second kappa shape index (κ2) is 3.52. The van der Waals surface area contributed by atoms with Gasteiger partial charge in [-0.25, -0.2) is 8.78 Å². The Bertz CT molecular complexity index is 482. The fraction of sp³-hybridized carbons (Fsp3) is 0.667. The molecule has 0 aromatic heterocycles. The summed E-state index contributed by atoms with van der Waals surface area (Å²) in [5, 5.41) is 25.4. The van der Waals surface area contributed by atoms with Crippen LogP contribution in [0.5, 0.6) is 0 Å². The highest BCUT2D eigenvalue weighted by molar-refractivity contribution is 5.38. The Hall–Kier alpha value is -1.95. The summed E-state index contributed by atoms with van der Waals surface area (Å²) in [7, 11) is 0. The zero-order chi connectivity index (χ0) is 14.4. The number of nitrogens with zero attached hydrogens (tertiary/aromatic N) is 3. The van der Waals surface area contributed by atoms with E-state index >= 15 is 0 Å². The first-order valence-electron chi connectivity index (χ1n) is 4.38. The topological polar surface area (TPSA) is 71.4 Å². The van der Waals surface area contributed by atoms with Gasteiger partial charge in [0.1, 0.15) is 6.07 Å². The largest absolute Gasteiger partial charge is 0.362 e. The summed E-state index contributed by atoms with van der Waals surface area (Å²) in [5.41, 5.74) is -8.29. The molecule has 1 rings (SSSR count). The summed E-state index contributed by atoms with van der Waals surface area (Å²) in [4.78, 5) is 0. The number of rotatable bonds is 0. The molecule has 1 aliphatic carbocycles. The first kappa shape index (κ1) is 14.1. The Morgan fingerprint density at radius 3 is 1.67 bits per heavy atom. The highest BCUT2D eigenvalue weighted by Crippen LogP contribution is 2.60. The molecule has 0 radical (unpaired) electrons. The number of halogens is 6. The van der Waals surface area contributed by atoms with Crippen molar-refractivity contribution in [2.45, 2.75) is 30.1 Å². The summed E-state index contributed by atoms with van der Waals surface area (Å²) < 4.78 is 79.3. The van der Waals surface area contributed by atoms with Crippen LogP contribution in [0.25, 0.3) is 0 Å². The zero-order valence-corrected chi connectivity index (χ0v) is 8.39. The zero-order valence-electron chi connectivity index (χ0n) is 8.39. The molecule has 1 aliphatic rings. The number of nitriles is 3. The van der Waals surface area contributed by atoms with Gasteiger partial charge in [-0.1, -0.05) is 0 Å². The van der Waals surface area contributed by atoms with Crippen LogP contribution < -0.4 is 0 Å². The quantitative estimate of drug-likeness (QED) is 0.632. The van der Waals surface area contributed by atoms with Gasteiger partial charge in [0.2, 0.25) is 0 Å². The standard InChI is InChI=1S/C9H3F6N3/c10-5-1-6(2-16,3-17)7(11,4-18)9(14,15)8(5,12)13/h5H,1H2. The smallest absolute Gasteiger partial charge is 0.240 e. The van der Waals surface area contributed by atoms with Crippen LogP contribution in [0.3, 0.4) is 0 Å². The van der Waals surface area contributed by atoms with E-state index in [0.29, 0.717) is 0 Å². The van der Waals surface area contributed by atoms with E-state index in [0.717, 1.165) is 12.1 Å². The van der Waals surface area contributed by atoms with E-state index in [2.05, 4.69) is 0 Å². The highest BCUT2D eigenvalue weighted by Gasteiger charge is 2.85. The molecule has 0 aromatic carbocycles. The van der Waals surface area contributed by atoms with E-state index in [-0.39, 0.29) is 6.07 Å². The maximum atomic E-state index is 13.9. The summed E-state index contributed by atoms with van der Waals surface area (Å²) in [5.74, 6) is -11.3. The Balaban J connectivity index is 3.65. The van der Waals surface area contributed by atoms with Crippen LogP contribution in [0.2, 0.25) is 0 Å². The third-order valence-corrected chi connectivity index (χ3v) is 2.85. The summed E-state index contributed by atoms with van der Waals surface area (Å²) in [6.45, 7) is 0. The molecule has 9 heteroatoms. The van der Waals surface area contributed by atoms with Crippen LogP contribution >= 0.6 is 0 Å². The van der Waals surface area contributed by atoms with Gasteiger partial charge in [-0.2, -0.15) is 33.3 Å². The molecule has 18 heavy (non-hydrogen) atoms. The van der Waals surface area contributed by atoms with Crippen molar-refractivity contribution < 1.29 is 26.3 Å². The van der Waals surface area contributed by atoms with E-state index in [1.54, 1.807) is 0 Å². The average molecular weight is 267 g/mol. The molecule has 2 unspecified atom stereocenters. The van der Waals surface area contributed by atoms with E-state index < -0.39 is 35.5 Å². The molecule has 96 valence electrons. The van der Waals surface area contributed by atoms with E-state index in [1.807, 2.05) is 0 Å². The molecule has 1 fully saturated rings. The molecule has 0 aromatic rings. The molecule has 0 aliphatic heterocycles. The molecule has 2 atom stereocenters. The van der Waals surface area contributed by atoms with Gasteiger partial charge in [0.25, 0.3) is 5.67 Å². The van der Waals surface area contributed by atoms with Crippen molar-refractivity contribution in [1.29, 1.82) is 15.8 Å². The van der Waals surface area contributed by atoms with E-state index in [9.17, 15) is 26.3 Å². The molecular weight excluding hydrogens is 264 g/mol. The molecule has 0 spiro atoms. The Morgan fingerprint density at radius 2 is 1.33 bits per heavy atom. The second-order valence-electron chi connectivity index (χ2n) is 3.77. The number of hydrogen-bond acceptors (Lipinski definition) is 3. The molecule has 3 nitrogen and oxygen atoms in total. The average Bonchev–Trinajstić information content (AvgIpc) is 2.32. The summed E-state index contributed by atoms with van der Waals surface area (Å²) >= 11 is 0. The van der Waals surface area contributed by atoms with Crippen LogP contribution in [0, 0.1) is 39.4 Å². The van der Waals surface area contributed by atoms with Gasteiger partial charge in [-0.15, -0.1) is 0 Å². The number of hydrogen-bond donors (Lipinski definition) is 0. The lowest BCUT2D eigenvalue weighted by atomic mass is 9.62. The predicted molar refractivity (Wildman–Crippen MR) is 42.5 cm³/mol. The molecule has 0 saturated heterocycles. The maximum absolute atomic E-state index is 13.9. The van der Waals surface area contributed by atoms with Crippen molar-refractivity contribution >= 4 is 0 Å². The SMILES string of the molecule is N#CC1(C#N)CC(F)C(F)(F)C(F)(F)C1(F)C#N. The number of alkyl halides is 6. The molecule has 0 heterocycles. The Morgan fingerprint density at radius 1 is 0.889 bits per heavy atom. The molecule has 1 saturated carbocycles. The second-order valence-corrected chi connectivity index (χ2v) is 3.77. The van der Waals surface area contributed by atoms with Crippen molar-refractivity contribution in [3.05, 3.63) is 0 Å². The molecule has 0 amide bonds. The van der Waals surface area contributed by atoms with Crippen LogP contribution in [0.1, 0.15) is 6.42 Å². The Labute approximate surface area is 96.8 Å². The monoisotopic (exact) mass is 267 g/mol. The van der Waals surface area contributed by atoms with Crippen molar-refractivity contribution in [1.82, 2.24) is 0 Å². The minimum absolute atomic E-state index is 0.231. The first-order valence-corrected chi connectivity index (χ1v) is 4.38. The van der Waals surface area contributed by atoms with Gasteiger partial charge < -0.3 is 0 Å². The van der Waals surface area contributed by atoms with Crippen molar-refractivity contribution in [2.24, 2.45) is 5.41 Å². The van der Waals surface area contributed by atoms with Crippen LogP contribution in [-0.2, 0) is 0 Å². The van der Waals surface area contributed by atoms with Gasteiger partial charge in [-0.3, -0.25) is 0 Å². The third kappa shape index (κ3) is 1.18. The third-order valence-electron chi connectivity index (χ3n) is 2.85. The lowest BCUT2D eigenvalue weighted by Gasteiger charge is -2.45. The van der Waals surface area contributed by atoms with Crippen molar-refractivity contribution in [3.63, 3.8) is 0 Å². The van der Waals surface area contributed by atoms with Crippen LogP contribution in [0.15, 0.2) is 0 Å². The van der Waals surface area contributed by atoms with Crippen molar-refractivity contribution in [3.8, 4) is 18.2 Å². The Kier molecular flexibility index (Phi) is 2.76. The predicted octanol–water partition coefficient (Wildman–Crippen LogP) is 2.26. The van der Waals surface area contributed by atoms with E-state index in [1.165, 1.54) is 0 Å².